The largest absolute Gasteiger partial charge is 0.481 e. The van der Waals surface area contributed by atoms with Crippen molar-refractivity contribution in [1.29, 1.82) is 0 Å². The van der Waals surface area contributed by atoms with Gasteiger partial charge in [0.25, 0.3) is 11.8 Å². The van der Waals surface area contributed by atoms with Crippen LogP contribution in [0.1, 0.15) is 12.8 Å². The van der Waals surface area contributed by atoms with Crippen LogP contribution in [0, 0.1) is 0 Å². The Morgan fingerprint density at radius 2 is 0.902 bits per heavy atom. The number of rotatable bonds is 30. The number of hydrogen-bond donors (Lipinski definition) is 2. The van der Waals surface area contributed by atoms with Crippen molar-refractivity contribution in [1.82, 2.24) is 10.2 Å². The molecule has 41 heavy (non-hydrogen) atoms. The van der Waals surface area contributed by atoms with Crippen LogP contribution < -0.4 is 5.32 Å². The van der Waals surface area contributed by atoms with E-state index in [1.165, 1.54) is 12.2 Å². The molecular formula is C26H44N2O13. The first kappa shape index (κ1) is 36.5. The topological polar surface area (TPSA) is 178 Å². The van der Waals surface area contributed by atoms with Gasteiger partial charge in [0.2, 0.25) is 5.91 Å². The lowest BCUT2D eigenvalue weighted by atomic mass is 10.3. The lowest BCUT2D eigenvalue weighted by molar-refractivity contribution is -0.139. The van der Waals surface area contributed by atoms with Crippen LogP contribution >= 0.6 is 0 Å². The van der Waals surface area contributed by atoms with E-state index < -0.39 is 17.8 Å². The first-order valence-corrected chi connectivity index (χ1v) is 13.6. The predicted molar refractivity (Wildman–Crippen MR) is 142 cm³/mol. The fourth-order valence-corrected chi connectivity index (χ4v) is 3.02. The minimum absolute atomic E-state index is 0.0122. The molecule has 0 unspecified atom stereocenters. The Morgan fingerprint density at radius 1 is 0.561 bits per heavy atom. The molecule has 1 aliphatic heterocycles. The van der Waals surface area contributed by atoms with Crippen LogP contribution in [0.15, 0.2) is 12.2 Å². The molecule has 236 valence electrons. The van der Waals surface area contributed by atoms with Gasteiger partial charge in [0.15, 0.2) is 0 Å². The molecule has 1 aliphatic rings. The maximum absolute atomic E-state index is 11.8. The molecule has 0 aromatic rings. The Labute approximate surface area is 240 Å². The van der Waals surface area contributed by atoms with Crippen LogP contribution in [0.2, 0.25) is 0 Å². The van der Waals surface area contributed by atoms with Crippen molar-refractivity contribution in [3.05, 3.63) is 12.2 Å². The molecule has 15 heteroatoms. The van der Waals surface area contributed by atoms with Crippen LogP contribution in [-0.2, 0) is 57.1 Å². The molecule has 2 N–H and O–H groups in total. The monoisotopic (exact) mass is 592 g/mol. The highest BCUT2D eigenvalue weighted by molar-refractivity contribution is 6.13. The molecule has 0 atom stereocenters. The lowest BCUT2D eigenvalue weighted by Crippen LogP contribution is -2.35. The zero-order valence-electron chi connectivity index (χ0n) is 23.6. The number of ether oxygens (including phenoxy) is 8. The van der Waals surface area contributed by atoms with Gasteiger partial charge in [-0.05, 0) is 0 Å². The van der Waals surface area contributed by atoms with Gasteiger partial charge in [0.05, 0.1) is 112 Å². The molecule has 3 amide bonds. The Kier molecular flexibility index (Phi) is 23.5. The zero-order chi connectivity index (χ0) is 29.8. The van der Waals surface area contributed by atoms with Crippen LogP contribution in [-0.4, -0.2) is 152 Å². The molecule has 0 aromatic heterocycles. The number of carboxylic acids is 1. The van der Waals surface area contributed by atoms with E-state index in [0.29, 0.717) is 106 Å². The molecule has 1 rings (SSSR count). The number of nitrogens with zero attached hydrogens (tertiary/aromatic N) is 1. The number of nitrogens with one attached hydrogen (secondary N) is 1. The summed E-state index contributed by atoms with van der Waals surface area (Å²) in [5.41, 5.74) is 0. The third kappa shape index (κ3) is 22.8. The Hall–Kier alpha value is -2.50. The summed E-state index contributed by atoms with van der Waals surface area (Å²) < 4.78 is 42.8. The van der Waals surface area contributed by atoms with Crippen LogP contribution in [0.5, 0.6) is 0 Å². The van der Waals surface area contributed by atoms with Crippen molar-refractivity contribution in [2.45, 2.75) is 12.8 Å². The van der Waals surface area contributed by atoms with E-state index in [-0.39, 0.29) is 31.9 Å². The SMILES string of the molecule is O=C(O)CCOCCOCCOCCOCCOCCOCCOCCOCCNC(=O)CCN1C(=O)C=CC1=O. The number of amides is 3. The summed E-state index contributed by atoms with van der Waals surface area (Å²) in [7, 11) is 0. The highest BCUT2D eigenvalue weighted by atomic mass is 16.6. The van der Waals surface area contributed by atoms with Gasteiger partial charge in [-0.25, -0.2) is 0 Å². The molecule has 0 radical (unpaired) electrons. The number of hydrogen-bond acceptors (Lipinski definition) is 12. The number of aliphatic carboxylic acids is 1. The van der Waals surface area contributed by atoms with Crippen molar-refractivity contribution >= 4 is 23.7 Å². The van der Waals surface area contributed by atoms with E-state index in [9.17, 15) is 19.2 Å². The fraction of sp³-hybridized carbons (Fsp3) is 0.769. The van der Waals surface area contributed by atoms with Gasteiger partial charge in [-0.2, -0.15) is 0 Å². The van der Waals surface area contributed by atoms with E-state index in [4.69, 9.17) is 43.0 Å². The fourth-order valence-electron chi connectivity index (χ4n) is 3.02. The average molecular weight is 593 g/mol. The summed E-state index contributed by atoms with van der Waals surface area (Å²) >= 11 is 0. The first-order chi connectivity index (χ1) is 20.0. The highest BCUT2D eigenvalue weighted by Crippen LogP contribution is 2.03. The normalized spacial score (nSPS) is 12.9. The maximum Gasteiger partial charge on any atom is 0.305 e. The average Bonchev–Trinajstić information content (AvgIpc) is 3.27. The Bertz CT molecular complexity index is 733. The maximum atomic E-state index is 11.8. The third-order valence-corrected chi connectivity index (χ3v) is 5.10. The minimum atomic E-state index is -0.884. The van der Waals surface area contributed by atoms with Crippen molar-refractivity contribution in [3.63, 3.8) is 0 Å². The molecule has 0 spiro atoms. The second-order valence-electron chi connectivity index (χ2n) is 8.30. The molecule has 1 heterocycles. The Morgan fingerprint density at radius 3 is 1.27 bits per heavy atom. The smallest absolute Gasteiger partial charge is 0.305 e. The summed E-state index contributed by atoms with van der Waals surface area (Å²) in [5, 5.41) is 11.1. The second-order valence-corrected chi connectivity index (χ2v) is 8.30. The number of imide groups is 1. The third-order valence-electron chi connectivity index (χ3n) is 5.10. The highest BCUT2D eigenvalue weighted by Gasteiger charge is 2.23. The summed E-state index contributed by atoms with van der Waals surface area (Å²) in [4.78, 5) is 45.9. The molecule has 0 bridgehead atoms. The molecule has 0 saturated carbocycles. The zero-order valence-corrected chi connectivity index (χ0v) is 23.6. The molecule has 15 nitrogen and oxygen atoms in total. The van der Waals surface area contributed by atoms with Gasteiger partial charge < -0.3 is 48.3 Å². The first-order valence-electron chi connectivity index (χ1n) is 13.6. The summed E-state index contributed by atoms with van der Waals surface area (Å²) in [6.45, 7) is 6.89. The molecule has 0 saturated heterocycles. The van der Waals surface area contributed by atoms with Crippen LogP contribution in [0.25, 0.3) is 0 Å². The predicted octanol–water partition coefficient (Wildman–Crippen LogP) is -0.975. The van der Waals surface area contributed by atoms with E-state index in [0.717, 1.165) is 4.90 Å². The van der Waals surface area contributed by atoms with E-state index in [1.54, 1.807) is 0 Å². The van der Waals surface area contributed by atoms with Crippen molar-refractivity contribution in [2.75, 3.05) is 119 Å². The van der Waals surface area contributed by atoms with Crippen molar-refractivity contribution in [2.24, 2.45) is 0 Å². The van der Waals surface area contributed by atoms with E-state index >= 15 is 0 Å². The molecule has 0 fully saturated rings. The van der Waals surface area contributed by atoms with E-state index in [1.807, 2.05) is 0 Å². The van der Waals surface area contributed by atoms with Crippen molar-refractivity contribution < 1.29 is 62.2 Å². The number of carbonyl (C=O) groups excluding carboxylic acids is 3. The summed E-state index contributed by atoms with van der Waals surface area (Å²) in [5.74, 6) is -1.94. The molecule has 0 aliphatic carbocycles. The van der Waals surface area contributed by atoms with Gasteiger partial charge in [0.1, 0.15) is 0 Å². The molecular weight excluding hydrogens is 548 g/mol. The van der Waals surface area contributed by atoms with Gasteiger partial charge in [0, 0.05) is 31.7 Å². The second kappa shape index (κ2) is 26.4. The lowest BCUT2D eigenvalue weighted by Gasteiger charge is -2.13. The quantitative estimate of drug-likeness (QED) is 0.0769. The van der Waals surface area contributed by atoms with Crippen molar-refractivity contribution in [3.8, 4) is 0 Å². The summed E-state index contributed by atoms with van der Waals surface area (Å²) in [6.07, 6.45) is 2.41. The Balaban J connectivity index is 1.68. The minimum Gasteiger partial charge on any atom is -0.481 e. The van der Waals surface area contributed by atoms with Gasteiger partial charge in [-0.3, -0.25) is 24.1 Å². The van der Waals surface area contributed by atoms with Gasteiger partial charge >= 0.3 is 5.97 Å². The molecule has 0 aromatic carbocycles. The number of carboxylic acid groups (broad SMARTS) is 1. The summed E-state index contributed by atoms with van der Waals surface area (Å²) in [6, 6.07) is 0. The van der Waals surface area contributed by atoms with Gasteiger partial charge in [-0.1, -0.05) is 0 Å². The van der Waals surface area contributed by atoms with Gasteiger partial charge in [-0.15, -0.1) is 0 Å². The number of carbonyl (C=O) groups is 4. The van der Waals surface area contributed by atoms with Crippen LogP contribution in [0.4, 0.5) is 0 Å². The van der Waals surface area contributed by atoms with Crippen LogP contribution in [0.3, 0.4) is 0 Å². The standard InChI is InChI=1S/C26H44N2O13/c29-23(3-6-28-24(30)1-2-25(28)31)27-5-8-35-10-12-37-14-16-39-18-20-41-22-21-40-19-17-38-15-13-36-11-9-34-7-4-26(32)33/h1-2H,3-22H2,(H,27,29)(H,32,33). The van der Waals surface area contributed by atoms with E-state index in [2.05, 4.69) is 5.32 Å².